The number of unbranched alkanes of at least 4 members (excludes halogenated alkanes) is 50. The van der Waals surface area contributed by atoms with Gasteiger partial charge in [0.05, 0.1) is 57.7 Å². The normalized spacial score (nSPS) is 20.1. The fraction of sp³-hybridized carbons (Fsp3) is 0.938. The highest BCUT2D eigenvalue weighted by atomic mass is 31.2. The molecule has 2 rings (SSSR count). The van der Waals surface area contributed by atoms with Gasteiger partial charge >= 0.3 is 39.5 Å². The van der Waals surface area contributed by atoms with Gasteiger partial charge in [0, 0.05) is 12.8 Å². The Labute approximate surface area is 765 Å². The van der Waals surface area contributed by atoms with Crippen molar-refractivity contribution in [2.24, 2.45) is 0 Å². The lowest BCUT2D eigenvalue weighted by Crippen LogP contribution is -2.67. The van der Waals surface area contributed by atoms with E-state index in [9.17, 15) is 73.1 Å². The van der Waals surface area contributed by atoms with Crippen LogP contribution in [0.3, 0.4) is 0 Å². The molecule has 2 saturated heterocycles. The van der Waals surface area contributed by atoms with Crippen molar-refractivity contribution in [3.05, 3.63) is 0 Å². The Bertz CT molecular complexity index is 2790. The molecule has 127 heavy (non-hydrogen) atoms. The highest BCUT2D eigenvalue weighted by Crippen LogP contribution is 2.43. The van der Waals surface area contributed by atoms with Crippen LogP contribution in [0.25, 0.3) is 0 Å². The van der Waals surface area contributed by atoms with Crippen LogP contribution in [0.4, 0.5) is 0 Å². The fourth-order valence-electron chi connectivity index (χ4n) is 16.7. The van der Waals surface area contributed by atoms with Crippen LogP contribution < -0.4 is 10.6 Å². The Morgan fingerprint density at radius 2 is 0.677 bits per heavy atom. The van der Waals surface area contributed by atoms with Gasteiger partial charge in [-0.1, -0.05) is 375 Å². The zero-order valence-corrected chi connectivity index (χ0v) is 81.6. The van der Waals surface area contributed by atoms with Gasteiger partial charge in [-0.3, -0.25) is 37.8 Å². The van der Waals surface area contributed by atoms with Crippen LogP contribution >= 0.6 is 15.6 Å². The third-order valence-electron chi connectivity index (χ3n) is 24.2. The second kappa shape index (κ2) is 79.0. The molecule has 0 radical (unpaired) electrons. The van der Waals surface area contributed by atoms with Crippen molar-refractivity contribution in [3.8, 4) is 0 Å². The molecule has 29 nitrogen and oxygen atoms in total. The summed E-state index contributed by atoms with van der Waals surface area (Å²) in [7, 11) is -10.8. The number of hydrogen-bond donors (Lipinski definition) is 10. The van der Waals surface area contributed by atoms with Crippen LogP contribution in [0.1, 0.15) is 465 Å². The molecule has 2 amide bonds. The lowest BCUT2D eigenvalue weighted by atomic mass is 9.95. The van der Waals surface area contributed by atoms with Crippen LogP contribution in [0.15, 0.2) is 0 Å². The highest BCUT2D eigenvalue weighted by Gasteiger charge is 2.54. The number of nitrogens with one attached hydrogen (secondary N) is 2. The number of carbonyl (C=O) groups excluding carboxylic acids is 6. The van der Waals surface area contributed by atoms with E-state index >= 15 is 4.79 Å². The van der Waals surface area contributed by atoms with E-state index in [2.05, 4.69) is 56.7 Å². The van der Waals surface area contributed by atoms with Gasteiger partial charge in [0.15, 0.2) is 18.5 Å². The van der Waals surface area contributed by atoms with Crippen molar-refractivity contribution in [1.29, 1.82) is 0 Å². The maximum absolute atomic E-state index is 15.1. The monoisotopic (exact) mass is 1860 g/mol. The van der Waals surface area contributed by atoms with E-state index in [1.165, 1.54) is 70.6 Å². The van der Waals surface area contributed by atoms with Crippen molar-refractivity contribution < 1.29 is 130 Å². The molecule has 0 aliphatic carbocycles. The second-order valence-corrected chi connectivity index (χ2v) is 38.6. The molecule has 0 aromatic heterocycles. The van der Waals surface area contributed by atoms with E-state index in [4.69, 9.17) is 47.5 Å². The first-order valence-electron chi connectivity index (χ1n) is 51.0. The summed E-state index contributed by atoms with van der Waals surface area (Å²) in [6.45, 7) is 9.58. The summed E-state index contributed by atoms with van der Waals surface area (Å²) in [5.41, 5.74) is 0. The number of aliphatic hydroxyl groups excluding tert-OH is 4. The molecule has 2 aliphatic heterocycles. The predicted octanol–water partition coefficient (Wildman–Crippen LogP) is 20.5. The average molecular weight is 1860 g/mol. The molecule has 0 bridgehead atoms. The largest absolute Gasteiger partial charge is 0.470 e. The van der Waals surface area contributed by atoms with Gasteiger partial charge in [-0.15, -0.1) is 0 Å². The van der Waals surface area contributed by atoms with E-state index in [1.54, 1.807) is 0 Å². The number of phosphoric acid groups is 2. The molecular formula is C96H182N2O27P2. The summed E-state index contributed by atoms with van der Waals surface area (Å²) in [4.78, 5) is 139. The number of rotatable bonds is 88. The molecule has 4 unspecified atom stereocenters. The first-order chi connectivity index (χ1) is 61.3. The summed E-state index contributed by atoms with van der Waals surface area (Å²) >= 11 is 0. The highest BCUT2D eigenvalue weighted by molar-refractivity contribution is 7.46. The summed E-state index contributed by atoms with van der Waals surface area (Å²) in [5.74, 6) is -4.81. The molecule has 31 heteroatoms. The minimum Gasteiger partial charge on any atom is -0.462 e. The van der Waals surface area contributed by atoms with Crippen LogP contribution in [0.5, 0.6) is 0 Å². The first-order valence-corrected chi connectivity index (χ1v) is 54.0. The Hall–Kier alpha value is -3.32. The van der Waals surface area contributed by atoms with Crippen LogP contribution in [0.2, 0.25) is 0 Å². The van der Waals surface area contributed by atoms with Gasteiger partial charge < -0.3 is 83.8 Å². The Kier molecular flexibility index (Phi) is 74.4. The predicted molar refractivity (Wildman–Crippen MR) is 492 cm³/mol. The number of amides is 2. The van der Waals surface area contributed by atoms with E-state index in [0.29, 0.717) is 38.5 Å². The maximum Gasteiger partial charge on any atom is 0.470 e. The Morgan fingerprint density at radius 1 is 0.354 bits per heavy atom. The van der Waals surface area contributed by atoms with Crippen molar-refractivity contribution in [2.45, 2.75) is 551 Å². The molecule has 0 spiro atoms. The third kappa shape index (κ3) is 65.1. The van der Waals surface area contributed by atoms with E-state index < -0.39 is 189 Å². The van der Waals surface area contributed by atoms with E-state index in [0.717, 1.165) is 250 Å². The molecule has 0 aromatic carbocycles. The van der Waals surface area contributed by atoms with E-state index in [1.807, 2.05) is 0 Å². The minimum absolute atomic E-state index is 0.0838. The summed E-state index contributed by atoms with van der Waals surface area (Å²) in [5, 5.41) is 51.6. The number of ether oxygens (including phenoxy) is 7. The molecule has 0 saturated carbocycles. The first kappa shape index (κ1) is 120. The molecule has 0 aromatic rings. The SMILES string of the molecule is CCCCCCCCCCCCCC(=O)OC(CCCCCCCCCCC)CC(=O)O[C@@H]1[C@@H](NC(=O)CC(CCCCCCCCCCC)OC(=O)CCCCCCCCCCC)[C@H](OOC[C@H]2O[C@H](OCCOP(=O)(O)O)[C@H](NC(=O)CC(O)CCCCCCCCCCC)[C@@H](OC(=O)CC(O)CCCCCCCCCCC)[C@@H]2O)O[C@H](CO)[C@H]1OP(=O)(O)O. The van der Waals surface area contributed by atoms with Gasteiger partial charge in [0.1, 0.15) is 55.3 Å². The smallest absolute Gasteiger partial charge is 0.462 e. The van der Waals surface area contributed by atoms with Gasteiger partial charge in [0.2, 0.25) is 18.1 Å². The third-order valence-corrected chi connectivity index (χ3v) is 25.2. The Morgan fingerprint density at radius 3 is 1.06 bits per heavy atom. The molecule has 2 aliphatic rings. The zero-order valence-electron chi connectivity index (χ0n) is 79.8. The second-order valence-electron chi connectivity index (χ2n) is 36.2. The number of aliphatic hydroxyl groups is 4. The molecule has 14 atom stereocenters. The van der Waals surface area contributed by atoms with Gasteiger partial charge in [0.25, 0.3) is 0 Å². The van der Waals surface area contributed by atoms with Crippen LogP contribution in [-0.2, 0) is 89.9 Å². The van der Waals surface area contributed by atoms with Gasteiger partial charge in [-0.2, -0.15) is 0 Å². The number of phosphoric ester groups is 2. The topological polar surface area (TPSA) is 424 Å². The number of hydrogen-bond acceptors (Lipinski definition) is 23. The number of carbonyl (C=O) groups is 6. The summed E-state index contributed by atoms with van der Waals surface area (Å²) < 4.78 is 78.2. The van der Waals surface area contributed by atoms with Crippen LogP contribution in [-0.4, -0.2) is 188 Å². The fourth-order valence-corrected chi connectivity index (χ4v) is 17.6. The summed E-state index contributed by atoms with van der Waals surface area (Å²) in [6.07, 6.45) is 35.8. The van der Waals surface area contributed by atoms with Crippen molar-refractivity contribution in [2.75, 3.05) is 26.4 Å². The quantitative estimate of drug-likeness (QED) is 0.00675. The molecule has 2 heterocycles. The zero-order chi connectivity index (χ0) is 93.2. The lowest BCUT2D eigenvalue weighted by Gasteiger charge is -2.45. The van der Waals surface area contributed by atoms with E-state index in [-0.39, 0.29) is 38.5 Å². The standard InChI is InChI=1S/C96H182N2O27P2/c1-7-13-19-25-31-37-38-44-50-56-62-68-86(105)119-80(66-60-54-48-42-35-29-23-17-11-5)74-88(107)123-94-90(98-84(103)73-79(65-59-53-47-41-34-28-22-16-10-4)118-85(104)67-61-55-49-43-36-30-24-18-12-6)96(120-81(75-99)92(94)125-127(112,113)114)124-116-76-82-91(108)93(122-87(106)72-78(101)64-58-52-46-40-33-27-21-15-9-3)89(95(121-82)115-69-70-117-126(109,110)111)97-83(102)71-77(100)63-57-51-45-39-32-26-20-14-8-2/h77-82,89-96,99-101,108H,7-76H2,1-6H3,(H,97,102)(H,98,103)(H2,109,110,111)(H2,112,113,114)/t77?,78?,79?,80?,81-,82-,89-,90-,91-,92-,93-,94-,95+,96+/m1/s1. The molecule has 2 fully saturated rings. The lowest BCUT2D eigenvalue weighted by molar-refractivity contribution is -0.421. The van der Waals surface area contributed by atoms with Crippen molar-refractivity contribution in [3.63, 3.8) is 0 Å². The molecular weight excluding hydrogens is 1670 g/mol. The average Bonchev–Trinajstić information content (AvgIpc) is 0.786. The van der Waals surface area contributed by atoms with Crippen molar-refractivity contribution >= 4 is 51.3 Å². The maximum atomic E-state index is 15.1. The van der Waals surface area contributed by atoms with Gasteiger partial charge in [-0.25, -0.2) is 18.9 Å². The molecule has 748 valence electrons. The summed E-state index contributed by atoms with van der Waals surface area (Å²) in [6, 6.07) is -3.57. The molecule has 10 N–H and O–H groups in total. The van der Waals surface area contributed by atoms with Gasteiger partial charge in [-0.05, 0) is 51.4 Å². The minimum atomic E-state index is -5.67. The van der Waals surface area contributed by atoms with Crippen molar-refractivity contribution in [1.82, 2.24) is 10.6 Å². The Balaban J connectivity index is 2.83. The van der Waals surface area contributed by atoms with Crippen LogP contribution in [0, 0.1) is 0 Å². The number of esters is 4.